The molecule has 2 aromatic heterocycles. The second-order valence-electron chi connectivity index (χ2n) is 5.10. The maximum Gasteiger partial charge on any atom is 0.183 e. The first-order valence-corrected chi connectivity index (χ1v) is 7.81. The van der Waals surface area contributed by atoms with E-state index in [1.165, 1.54) is 24.0 Å². The molecule has 3 nitrogen and oxygen atoms in total. The van der Waals surface area contributed by atoms with Gasteiger partial charge in [-0.05, 0) is 76.7 Å². The highest BCUT2D eigenvalue weighted by atomic mass is 79.9. The van der Waals surface area contributed by atoms with E-state index < -0.39 is 0 Å². The quantitative estimate of drug-likeness (QED) is 0.665. The number of hydrogen-bond donors (Lipinski definition) is 1. The summed E-state index contributed by atoms with van der Waals surface area (Å²) in [6.07, 6.45) is 5.41. The van der Waals surface area contributed by atoms with Gasteiger partial charge in [0.2, 0.25) is 0 Å². The maximum atomic E-state index is 5.46. The highest BCUT2D eigenvalue weighted by Gasteiger charge is 2.14. The molecule has 0 saturated carbocycles. The van der Waals surface area contributed by atoms with E-state index in [2.05, 4.69) is 44.1 Å². The zero-order valence-electron chi connectivity index (χ0n) is 10.7. The van der Waals surface area contributed by atoms with E-state index in [0.717, 1.165) is 27.7 Å². The molecule has 0 radical (unpaired) electrons. The van der Waals surface area contributed by atoms with Crippen LogP contribution in [0.25, 0.3) is 16.9 Å². The van der Waals surface area contributed by atoms with Crippen molar-refractivity contribution in [2.24, 2.45) is 0 Å². The number of aromatic nitrogens is 3. The summed E-state index contributed by atoms with van der Waals surface area (Å²) in [6.45, 7) is 0. The van der Waals surface area contributed by atoms with Crippen LogP contribution >= 0.6 is 28.1 Å². The van der Waals surface area contributed by atoms with Crippen molar-refractivity contribution in [1.29, 1.82) is 0 Å². The number of H-pyrrole nitrogens is 1. The lowest BCUT2D eigenvalue weighted by atomic mass is 10.1. The van der Waals surface area contributed by atoms with Crippen LogP contribution in [0, 0.1) is 4.77 Å². The molecule has 4 rings (SSSR count). The average Bonchev–Trinajstić information content (AvgIpc) is 3.00. The molecule has 20 heavy (non-hydrogen) atoms. The first-order chi connectivity index (χ1) is 9.72. The Morgan fingerprint density at radius 2 is 2.05 bits per heavy atom. The Balaban J connectivity index is 1.98. The van der Waals surface area contributed by atoms with Crippen molar-refractivity contribution < 1.29 is 0 Å². The number of nitrogens with zero attached hydrogens (tertiary/aromatic N) is 2. The molecule has 1 aliphatic carbocycles. The molecular weight excluding hydrogens is 334 g/mol. The van der Waals surface area contributed by atoms with E-state index in [1.54, 1.807) is 6.20 Å². The standard InChI is InChI=1S/C15H12BrN3S/c16-11-7-13-14(17-8-11)19(15(20)18-13)12-5-4-9-2-1-3-10(9)6-12/h4-8H,1-3H2,(H,18,20). The number of rotatable bonds is 1. The number of fused-ring (bicyclic) bond motifs is 2. The summed E-state index contributed by atoms with van der Waals surface area (Å²) < 4.78 is 3.64. The molecule has 2 heterocycles. The molecule has 100 valence electrons. The monoisotopic (exact) mass is 345 g/mol. The van der Waals surface area contributed by atoms with Gasteiger partial charge in [0, 0.05) is 10.7 Å². The zero-order chi connectivity index (χ0) is 13.7. The van der Waals surface area contributed by atoms with Crippen LogP contribution in [0.1, 0.15) is 17.5 Å². The molecule has 1 N–H and O–H groups in total. The minimum Gasteiger partial charge on any atom is -0.329 e. The van der Waals surface area contributed by atoms with E-state index >= 15 is 0 Å². The van der Waals surface area contributed by atoms with Crippen LogP contribution in [0.4, 0.5) is 0 Å². The molecule has 0 aliphatic heterocycles. The van der Waals surface area contributed by atoms with Gasteiger partial charge in [-0.1, -0.05) is 6.07 Å². The Morgan fingerprint density at radius 1 is 1.20 bits per heavy atom. The number of aromatic amines is 1. The normalized spacial score (nSPS) is 13.8. The minimum absolute atomic E-state index is 0.684. The summed E-state index contributed by atoms with van der Waals surface area (Å²) in [5, 5.41) is 0. The number of hydrogen-bond acceptors (Lipinski definition) is 2. The predicted octanol–water partition coefficient (Wildman–Crippen LogP) is 4.33. The Bertz CT molecular complexity index is 878. The third-order valence-electron chi connectivity index (χ3n) is 3.83. The van der Waals surface area contributed by atoms with Crippen LogP contribution in [0.3, 0.4) is 0 Å². The first kappa shape index (κ1) is 12.3. The van der Waals surface area contributed by atoms with Crippen molar-refractivity contribution in [3.05, 3.63) is 50.8 Å². The van der Waals surface area contributed by atoms with Gasteiger partial charge in [0.1, 0.15) is 0 Å². The summed E-state index contributed by atoms with van der Waals surface area (Å²) in [7, 11) is 0. The van der Waals surface area contributed by atoms with Gasteiger partial charge in [-0.3, -0.25) is 4.57 Å². The van der Waals surface area contributed by atoms with E-state index in [1.807, 2.05) is 10.6 Å². The number of aryl methyl sites for hydroxylation is 2. The SMILES string of the molecule is S=c1[nH]c2cc(Br)cnc2n1-c1ccc2c(c1)CCC2. The summed E-state index contributed by atoms with van der Waals surface area (Å²) in [5.74, 6) is 0. The molecule has 0 atom stereocenters. The number of halogens is 1. The molecule has 0 bridgehead atoms. The largest absolute Gasteiger partial charge is 0.329 e. The third-order valence-corrected chi connectivity index (χ3v) is 4.55. The molecule has 1 aliphatic rings. The highest BCUT2D eigenvalue weighted by molar-refractivity contribution is 9.10. The lowest BCUT2D eigenvalue weighted by Gasteiger charge is -2.07. The second kappa shape index (κ2) is 4.53. The summed E-state index contributed by atoms with van der Waals surface area (Å²) in [6, 6.07) is 8.60. The number of pyridine rings is 1. The van der Waals surface area contributed by atoms with Crippen LogP contribution in [0.5, 0.6) is 0 Å². The topological polar surface area (TPSA) is 33.6 Å². The van der Waals surface area contributed by atoms with E-state index in [9.17, 15) is 0 Å². The molecular formula is C15H12BrN3S. The Hall–Kier alpha value is -1.46. The van der Waals surface area contributed by atoms with Crippen LogP contribution < -0.4 is 0 Å². The third kappa shape index (κ3) is 1.84. The van der Waals surface area contributed by atoms with E-state index in [4.69, 9.17) is 12.2 Å². The molecule has 0 amide bonds. The van der Waals surface area contributed by atoms with Gasteiger partial charge in [-0.25, -0.2) is 4.98 Å². The zero-order valence-corrected chi connectivity index (χ0v) is 13.1. The minimum atomic E-state index is 0.684. The van der Waals surface area contributed by atoms with Crippen molar-refractivity contribution in [3.63, 3.8) is 0 Å². The number of imidazole rings is 1. The number of nitrogens with one attached hydrogen (secondary N) is 1. The fourth-order valence-electron chi connectivity index (χ4n) is 2.91. The fraction of sp³-hybridized carbons (Fsp3) is 0.200. The van der Waals surface area contributed by atoms with Crippen LogP contribution in [0.2, 0.25) is 0 Å². The van der Waals surface area contributed by atoms with Gasteiger partial charge in [-0.2, -0.15) is 0 Å². The molecule has 0 saturated heterocycles. The lowest BCUT2D eigenvalue weighted by molar-refractivity contribution is 0.911. The maximum absolute atomic E-state index is 5.46. The molecule has 0 unspecified atom stereocenters. The Morgan fingerprint density at radius 3 is 2.95 bits per heavy atom. The molecule has 0 fully saturated rings. The van der Waals surface area contributed by atoms with E-state index in [-0.39, 0.29) is 0 Å². The van der Waals surface area contributed by atoms with E-state index in [0.29, 0.717) is 4.77 Å². The van der Waals surface area contributed by atoms with Gasteiger partial charge >= 0.3 is 0 Å². The average molecular weight is 346 g/mol. The van der Waals surface area contributed by atoms with Crippen molar-refractivity contribution in [2.75, 3.05) is 0 Å². The molecule has 5 heteroatoms. The molecule has 3 aromatic rings. The van der Waals surface area contributed by atoms with Crippen molar-refractivity contribution >= 4 is 39.3 Å². The van der Waals surface area contributed by atoms with Gasteiger partial charge < -0.3 is 4.98 Å². The van der Waals surface area contributed by atoms with Crippen molar-refractivity contribution in [3.8, 4) is 5.69 Å². The number of benzene rings is 1. The van der Waals surface area contributed by atoms with Crippen molar-refractivity contribution in [2.45, 2.75) is 19.3 Å². The smallest absolute Gasteiger partial charge is 0.183 e. The summed E-state index contributed by atoms with van der Waals surface area (Å²) in [5.41, 5.74) is 5.82. The fourth-order valence-corrected chi connectivity index (χ4v) is 3.54. The van der Waals surface area contributed by atoms with Gasteiger partial charge in [0.15, 0.2) is 10.4 Å². The Labute approximate surface area is 129 Å². The first-order valence-electron chi connectivity index (χ1n) is 6.61. The van der Waals surface area contributed by atoms with Crippen LogP contribution in [-0.2, 0) is 12.8 Å². The highest BCUT2D eigenvalue weighted by Crippen LogP contribution is 2.26. The molecule has 0 spiro atoms. The van der Waals surface area contributed by atoms with Gasteiger partial charge in [0.05, 0.1) is 11.2 Å². The van der Waals surface area contributed by atoms with Gasteiger partial charge in [-0.15, -0.1) is 0 Å². The Kier molecular flexibility index (Phi) is 2.79. The van der Waals surface area contributed by atoms with Crippen molar-refractivity contribution in [1.82, 2.24) is 14.5 Å². The summed E-state index contributed by atoms with van der Waals surface area (Å²) in [4.78, 5) is 7.71. The van der Waals surface area contributed by atoms with Crippen LogP contribution in [0.15, 0.2) is 34.9 Å². The predicted molar refractivity (Wildman–Crippen MR) is 86.0 cm³/mol. The second-order valence-corrected chi connectivity index (χ2v) is 6.40. The van der Waals surface area contributed by atoms with Gasteiger partial charge in [0.25, 0.3) is 0 Å². The summed E-state index contributed by atoms with van der Waals surface area (Å²) >= 11 is 8.90. The lowest BCUT2D eigenvalue weighted by Crippen LogP contribution is -1.97. The van der Waals surface area contributed by atoms with Crippen LogP contribution in [-0.4, -0.2) is 14.5 Å². The molecule has 1 aromatic carbocycles.